The molecule has 4 rings (SSSR count). The molecule has 1 aromatic heterocycles. The normalized spacial score (nSPS) is 12.3. The molecule has 6 heteroatoms. The second-order valence-electron chi connectivity index (χ2n) is 11.0. The molecule has 34 heavy (non-hydrogen) atoms. The van der Waals surface area contributed by atoms with E-state index in [1.807, 2.05) is 49.4 Å². The van der Waals surface area contributed by atoms with Gasteiger partial charge in [0.25, 0.3) is 0 Å². The third kappa shape index (κ3) is 4.58. The van der Waals surface area contributed by atoms with Gasteiger partial charge in [0.05, 0.1) is 0 Å². The Hall–Kier alpha value is -3.54. The number of aryl methyl sites for hydroxylation is 1. The second kappa shape index (κ2) is 8.35. The summed E-state index contributed by atoms with van der Waals surface area (Å²) in [6, 6.07) is 15.3. The molecule has 0 amide bonds. The summed E-state index contributed by atoms with van der Waals surface area (Å²) in [6.45, 7) is 15.2. The number of phenolic OH excluding ortho intramolecular Hbond substituents is 2. The third-order valence-electron chi connectivity index (χ3n) is 6.14. The highest BCUT2D eigenvalue weighted by atomic mass is 16.3. The Labute approximate surface area is 201 Å². The molecule has 0 bridgehead atoms. The van der Waals surface area contributed by atoms with Crippen LogP contribution < -0.4 is 5.32 Å². The number of nitrogens with zero attached hydrogens (tertiary/aromatic N) is 3. The first-order valence-corrected chi connectivity index (χ1v) is 11.6. The van der Waals surface area contributed by atoms with Gasteiger partial charge in [-0.2, -0.15) is 0 Å². The zero-order valence-electron chi connectivity index (χ0n) is 21.1. The number of aromatic nitrogens is 3. The quantitative estimate of drug-likeness (QED) is 0.311. The molecule has 0 aliphatic rings. The minimum absolute atomic E-state index is 0.124. The van der Waals surface area contributed by atoms with E-state index in [4.69, 9.17) is 0 Å². The van der Waals surface area contributed by atoms with Crippen LogP contribution in [0.2, 0.25) is 0 Å². The van der Waals surface area contributed by atoms with Crippen molar-refractivity contribution in [3.8, 4) is 17.2 Å². The maximum absolute atomic E-state index is 11.0. The zero-order chi connectivity index (χ0) is 24.8. The van der Waals surface area contributed by atoms with Gasteiger partial charge in [-0.1, -0.05) is 53.7 Å². The average Bonchev–Trinajstić information content (AvgIpc) is 3.17. The highest BCUT2D eigenvalue weighted by molar-refractivity contribution is 5.73. The minimum Gasteiger partial charge on any atom is -0.507 e. The summed E-state index contributed by atoms with van der Waals surface area (Å²) in [4.78, 5) is 1.48. The lowest BCUT2D eigenvalue weighted by molar-refractivity contribution is 0.423. The molecule has 6 nitrogen and oxygen atoms in total. The van der Waals surface area contributed by atoms with Gasteiger partial charge in [0.15, 0.2) is 0 Å². The Morgan fingerprint density at radius 1 is 0.824 bits per heavy atom. The number of hydrogen-bond acceptors (Lipinski definition) is 5. The second-order valence-corrected chi connectivity index (χ2v) is 11.0. The molecule has 0 atom stereocenters. The lowest BCUT2D eigenvalue weighted by Gasteiger charge is -2.28. The van der Waals surface area contributed by atoms with Crippen LogP contribution in [0.15, 0.2) is 48.5 Å². The zero-order valence-corrected chi connectivity index (χ0v) is 21.1. The van der Waals surface area contributed by atoms with Gasteiger partial charge in [-0.15, -0.1) is 15.0 Å². The van der Waals surface area contributed by atoms with Crippen molar-refractivity contribution in [2.45, 2.75) is 65.8 Å². The number of phenols is 2. The molecule has 0 radical (unpaired) electrons. The van der Waals surface area contributed by atoms with Crippen LogP contribution in [0.25, 0.3) is 16.7 Å². The van der Waals surface area contributed by atoms with Crippen molar-refractivity contribution in [1.29, 1.82) is 0 Å². The highest BCUT2D eigenvalue weighted by Gasteiger charge is 2.26. The van der Waals surface area contributed by atoms with Crippen molar-refractivity contribution in [2.75, 3.05) is 5.32 Å². The Balaban J connectivity index is 1.65. The molecule has 1 heterocycles. The number of aromatic hydroxyl groups is 2. The SMILES string of the molecule is Cc1cc(-n2nc3ccccc3n2)c(O)cc1CNc1cc(C(C)(C)C)c(O)c(C(C)(C)C)c1. The van der Waals surface area contributed by atoms with Crippen LogP contribution in [-0.2, 0) is 17.4 Å². The van der Waals surface area contributed by atoms with Gasteiger partial charge in [0, 0.05) is 23.4 Å². The third-order valence-corrected chi connectivity index (χ3v) is 6.14. The van der Waals surface area contributed by atoms with E-state index in [0.29, 0.717) is 18.0 Å². The molecular weight excluding hydrogens is 424 g/mol. The van der Waals surface area contributed by atoms with Gasteiger partial charge < -0.3 is 15.5 Å². The van der Waals surface area contributed by atoms with Crippen molar-refractivity contribution < 1.29 is 10.2 Å². The maximum atomic E-state index is 11.0. The topological polar surface area (TPSA) is 83.2 Å². The van der Waals surface area contributed by atoms with Crippen molar-refractivity contribution in [1.82, 2.24) is 15.0 Å². The molecule has 0 fully saturated rings. The van der Waals surface area contributed by atoms with E-state index in [0.717, 1.165) is 39.0 Å². The van der Waals surface area contributed by atoms with E-state index in [1.165, 1.54) is 4.80 Å². The van der Waals surface area contributed by atoms with Crippen LogP contribution in [0.5, 0.6) is 11.5 Å². The first kappa shape index (κ1) is 23.6. The van der Waals surface area contributed by atoms with Crippen molar-refractivity contribution in [2.24, 2.45) is 0 Å². The van der Waals surface area contributed by atoms with Crippen LogP contribution in [0.1, 0.15) is 63.8 Å². The standard InChI is InChI=1S/C28H34N4O2/c1-17-12-24(32-30-22-10-8-9-11-23(22)31-32)25(33)13-18(17)16-29-19-14-20(27(2,3)4)26(34)21(15-19)28(5,6)7/h8-15,29,33-34H,16H2,1-7H3. The van der Waals surface area contributed by atoms with E-state index in [2.05, 4.69) is 57.1 Å². The first-order chi connectivity index (χ1) is 15.8. The molecule has 0 aliphatic carbocycles. The lowest BCUT2D eigenvalue weighted by Crippen LogP contribution is -2.18. The number of hydrogen-bond donors (Lipinski definition) is 3. The Morgan fingerprint density at radius 2 is 1.35 bits per heavy atom. The van der Waals surface area contributed by atoms with Gasteiger partial charge in [-0.25, -0.2) is 0 Å². The fraction of sp³-hybridized carbons (Fsp3) is 0.357. The largest absolute Gasteiger partial charge is 0.507 e. The van der Waals surface area contributed by atoms with Gasteiger partial charge in [0.1, 0.15) is 28.2 Å². The lowest BCUT2D eigenvalue weighted by atomic mass is 9.79. The smallest absolute Gasteiger partial charge is 0.143 e. The van der Waals surface area contributed by atoms with Crippen molar-refractivity contribution >= 4 is 16.7 Å². The molecule has 0 saturated carbocycles. The molecule has 0 unspecified atom stereocenters. The fourth-order valence-electron chi connectivity index (χ4n) is 4.12. The average molecular weight is 459 g/mol. The van der Waals surface area contributed by atoms with Crippen molar-refractivity contribution in [3.63, 3.8) is 0 Å². The molecule has 4 aromatic rings. The minimum atomic E-state index is -0.197. The molecular formula is C28H34N4O2. The van der Waals surface area contributed by atoms with Crippen LogP contribution in [0.4, 0.5) is 5.69 Å². The van der Waals surface area contributed by atoms with Gasteiger partial charge in [-0.3, -0.25) is 0 Å². The Kier molecular flexibility index (Phi) is 5.80. The summed E-state index contributed by atoms with van der Waals surface area (Å²) in [7, 11) is 0. The van der Waals surface area contributed by atoms with Crippen molar-refractivity contribution in [3.05, 3.63) is 70.8 Å². The van der Waals surface area contributed by atoms with Gasteiger partial charge in [0.2, 0.25) is 0 Å². The van der Waals surface area contributed by atoms with Gasteiger partial charge >= 0.3 is 0 Å². The fourth-order valence-corrected chi connectivity index (χ4v) is 4.12. The van der Waals surface area contributed by atoms with E-state index in [-0.39, 0.29) is 16.6 Å². The molecule has 178 valence electrons. The summed E-state index contributed by atoms with van der Waals surface area (Å²) in [5.41, 5.74) is 6.47. The predicted molar refractivity (Wildman–Crippen MR) is 138 cm³/mol. The molecule has 0 aliphatic heterocycles. The first-order valence-electron chi connectivity index (χ1n) is 11.6. The van der Waals surface area contributed by atoms with Gasteiger partial charge in [-0.05, 0) is 65.3 Å². The molecule has 0 spiro atoms. The number of fused-ring (bicyclic) bond motifs is 1. The Bertz CT molecular complexity index is 1290. The van der Waals surface area contributed by atoms with Crippen LogP contribution in [-0.4, -0.2) is 25.2 Å². The highest BCUT2D eigenvalue weighted by Crippen LogP contribution is 2.41. The molecule has 0 saturated heterocycles. The summed E-state index contributed by atoms with van der Waals surface area (Å²) < 4.78 is 0. The van der Waals surface area contributed by atoms with Crippen LogP contribution in [0, 0.1) is 6.92 Å². The molecule has 3 aromatic carbocycles. The van der Waals surface area contributed by atoms with E-state index in [1.54, 1.807) is 6.07 Å². The van der Waals surface area contributed by atoms with Crippen LogP contribution in [0.3, 0.4) is 0 Å². The summed E-state index contributed by atoms with van der Waals surface area (Å²) in [5, 5.41) is 34.2. The predicted octanol–water partition coefficient (Wildman–Crippen LogP) is 6.35. The number of rotatable bonds is 4. The number of anilines is 1. The molecule has 3 N–H and O–H groups in total. The van der Waals surface area contributed by atoms with E-state index in [9.17, 15) is 10.2 Å². The summed E-state index contributed by atoms with van der Waals surface area (Å²) in [6.07, 6.45) is 0. The Morgan fingerprint density at radius 3 is 1.85 bits per heavy atom. The van der Waals surface area contributed by atoms with Crippen LogP contribution >= 0.6 is 0 Å². The van der Waals surface area contributed by atoms with E-state index >= 15 is 0 Å². The summed E-state index contributed by atoms with van der Waals surface area (Å²) in [5.74, 6) is 0.488. The number of benzene rings is 3. The number of nitrogens with one attached hydrogen (secondary N) is 1. The maximum Gasteiger partial charge on any atom is 0.143 e. The van der Waals surface area contributed by atoms with E-state index < -0.39 is 0 Å². The monoisotopic (exact) mass is 458 g/mol. The summed E-state index contributed by atoms with van der Waals surface area (Å²) >= 11 is 0.